The second kappa shape index (κ2) is 6.22. The van der Waals surface area contributed by atoms with E-state index >= 15 is 0 Å². The SMILES string of the molecule is C[Si](C)(C)OC(=O)c1ccc2sc(C(=O)O[Si](C)(C)C)cc2c1. The van der Waals surface area contributed by atoms with Gasteiger partial charge in [-0.1, -0.05) is 0 Å². The van der Waals surface area contributed by atoms with Crippen molar-refractivity contribution in [3.8, 4) is 0 Å². The predicted octanol–water partition coefficient (Wildman–Crippen LogP) is 4.88. The third kappa shape index (κ3) is 5.02. The summed E-state index contributed by atoms with van der Waals surface area (Å²) >= 11 is 1.38. The van der Waals surface area contributed by atoms with Gasteiger partial charge in [0, 0.05) is 4.70 Å². The molecule has 1 aromatic carbocycles. The first kappa shape index (κ1) is 17.9. The maximum Gasteiger partial charge on any atom is 0.335 e. The van der Waals surface area contributed by atoms with Crippen molar-refractivity contribution in [2.75, 3.05) is 0 Å². The standard InChI is InChI=1S/C16H22O4SSi2/c1-22(2,3)19-15(17)11-7-8-13-12(9-11)10-14(21-13)16(18)20-23(4,5)6/h7-10H,1-6H3. The van der Waals surface area contributed by atoms with Crippen LogP contribution < -0.4 is 0 Å². The summed E-state index contributed by atoms with van der Waals surface area (Å²) in [5.74, 6) is -0.583. The van der Waals surface area contributed by atoms with Gasteiger partial charge in [-0.15, -0.1) is 11.3 Å². The van der Waals surface area contributed by atoms with Crippen LogP contribution in [0.5, 0.6) is 0 Å². The lowest BCUT2D eigenvalue weighted by Gasteiger charge is -2.17. The Morgan fingerprint density at radius 3 is 2.00 bits per heavy atom. The molecule has 0 amide bonds. The maximum absolute atomic E-state index is 12.2. The Morgan fingerprint density at radius 1 is 0.870 bits per heavy atom. The van der Waals surface area contributed by atoms with E-state index < -0.39 is 16.6 Å². The molecule has 23 heavy (non-hydrogen) atoms. The van der Waals surface area contributed by atoms with Crippen LogP contribution in [0.25, 0.3) is 10.1 Å². The molecule has 0 spiro atoms. The highest BCUT2D eigenvalue weighted by Gasteiger charge is 2.23. The second-order valence-electron chi connectivity index (χ2n) is 7.37. The molecule has 0 aliphatic rings. The van der Waals surface area contributed by atoms with E-state index in [4.69, 9.17) is 8.85 Å². The van der Waals surface area contributed by atoms with Crippen molar-refractivity contribution in [3.05, 3.63) is 34.7 Å². The van der Waals surface area contributed by atoms with Crippen molar-refractivity contribution in [2.24, 2.45) is 0 Å². The number of rotatable bonds is 4. The third-order valence-electron chi connectivity index (χ3n) is 2.75. The molecule has 0 fully saturated rings. The largest absolute Gasteiger partial charge is 0.516 e. The summed E-state index contributed by atoms with van der Waals surface area (Å²) in [6, 6.07) is 7.16. The number of hydrogen-bond donors (Lipinski definition) is 0. The van der Waals surface area contributed by atoms with Gasteiger partial charge in [-0.2, -0.15) is 0 Å². The number of benzene rings is 1. The number of carbonyl (C=O) groups is 2. The van der Waals surface area contributed by atoms with Gasteiger partial charge in [0.1, 0.15) is 4.88 Å². The zero-order chi connectivity index (χ0) is 17.4. The van der Waals surface area contributed by atoms with Gasteiger partial charge in [-0.05, 0) is 68.9 Å². The second-order valence-corrected chi connectivity index (χ2v) is 17.3. The minimum Gasteiger partial charge on any atom is -0.516 e. The Balaban J connectivity index is 2.28. The molecule has 0 aliphatic heterocycles. The van der Waals surface area contributed by atoms with Gasteiger partial charge < -0.3 is 8.85 Å². The summed E-state index contributed by atoms with van der Waals surface area (Å²) in [7, 11) is -3.85. The molecule has 124 valence electrons. The van der Waals surface area contributed by atoms with Crippen LogP contribution >= 0.6 is 11.3 Å². The Labute approximate surface area is 142 Å². The first-order valence-corrected chi connectivity index (χ1v) is 15.1. The molecular weight excluding hydrogens is 344 g/mol. The summed E-state index contributed by atoms with van der Waals surface area (Å²) in [6.45, 7) is 11.8. The molecule has 7 heteroatoms. The summed E-state index contributed by atoms with van der Waals surface area (Å²) in [5, 5.41) is 0.863. The monoisotopic (exact) mass is 366 g/mol. The predicted molar refractivity (Wildman–Crippen MR) is 99.3 cm³/mol. The van der Waals surface area contributed by atoms with Gasteiger partial charge in [0.2, 0.25) is 16.6 Å². The van der Waals surface area contributed by atoms with Crippen LogP contribution in [0.1, 0.15) is 20.0 Å². The highest BCUT2D eigenvalue weighted by atomic mass is 32.1. The van der Waals surface area contributed by atoms with Crippen molar-refractivity contribution in [3.63, 3.8) is 0 Å². The quantitative estimate of drug-likeness (QED) is 0.723. The lowest BCUT2D eigenvalue weighted by molar-refractivity contribution is 0.0716. The Kier molecular flexibility index (Phi) is 4.84. The lowest BCUT2D eigenvalue weighted by Crippen LogP contribution is -2.29. The molecule has 0 atom stereocenters. The van der Waals surface area contributed by atoms with Crippen molar-refractivity contribution in [1.82, 2.24) is 0 Å². The third-order valence-corrected chi connectivity index (χ3v) is 5.44. The molecule has 1 heterocycles. The van der Waals surface area contributed by atoms with Crippen LogP contribution in [0.2, 0.25) is 39.3 Å². The normalized spacial score (nSPS) is 12.3. The van der Waals surface area contributed by atoms with Gasteiger partial charge in [-0.25, -0.2) is 9.59 Å². The lowest BCUT2D eigenvalue weighted by atomic mass is 10.1. The Morgan fingerprint density at radius 2 is 1.43 bits per heavy atom. The summed E-state index contributed by atoms with van der Waals surface area (Å²) in [5.41, 5.74) is 0.517. The minimum atomic E-state index is -1.93. The number of carbonyl (C=O) groups excluding carboxylic acids is 2. The van der Waals surface area contributed by atoms with E-state index in [2.05, 4.69) is 0 Å². The zero-order valence-corrected chi connectivity index (χ0v) is 17.2. The summed E-state index contributed by atoms with van der Waals surface area (Å²) in [4.78, 5) is 24.9. The van der Waals surface area contributed by atoms with Gasteiger partial charge in [-0.3, -0.25) is 0 Å². The average molecular weight is 367 g/mol. The number of thiophene rings is 1. The van der Waals surface area contributed by atoms with Crippen molar-refractivity contribution < 1.29 is 18.4 Å². The van der Waals surface area contributed by atoms with E-state index in [0.29, 0.717) is 10.4 Å². The first-order chi connectivity index (χ1) is 10.4. The fourth-order valence-corrected chi connectivity index (χ4v) is 4.27. The summed E-state index contributed by atoms with van der Waals surface area (Å²) < 4.78 is 12.0. The van der Waals surface area contributed by atoms with Gasteiger partial charge in [0.05, 0.1) is 5.56 Å². The van der Waals surface area contributed by atoms with E-state index in [1.54, 1.807) is 18.2 Å². The molecule has 0 saturated heterocycles. The van der Waals surface area contributed by atoms with E-state index in [0.717, 1.165) is 10.1 Å². The Bertz CT molecular complexity index is 728. The number of hydrogen-bond acceptors (Lipinski definition) is 5. The molecule has 0 unspecified atom stereocenters. The molecule has 0 radical (unpaired) electrons. The fourth-order valence-electron chi connectivity index (χ4n) is 1.94. The van der Waals surface area contributed by atoms with Crippen LogP contribution in [0.15, 0.2) is 24.3 Å². The molecule has 0 aliphatic carbocycles. The van der Waals surface area contributed by atoms with Crippen molar-refractivity contribution in [1.29, 1.82) is 0 Å². The summed E-state index contributed by atoms with van der Waals surface area (Å²) in [6.07, 6.45) is 0. The molecule has 0 bridgehead atoms. The van der Waals surface area contributed by atoms with E-state index in [-0.39, 0.29) is 11.9 Å². The molecule has 4 nitrogen and oxygen atoms in total. The maximum atomic E-state index is 12.2. The van der Waals surface area contributed by atoms with Crippen molar-refractivity contribution in [2.45, 2.75) is 39.3 Å². The topological polar surface area (TPSA) is 52.6 Å². The highest BCUT2D eigenvalue weighted by molar-refractivity contribution is 7.20. The molecule has 0 N–H and O–H groups in total. The minimum absolute atomic E-state index is 0.281. The van der Waals surface area contributed by atoms with Gasteiger partial charge in [0.15, 0.2) is 0 Å². The smallest absolute Gasteiger partial charge is 0.335 e. The molecule has 2 rings (SSSR count). The highest BCUT2D eigenvalue weighted by Crippen LogP contribution is 2.28. The van der Waals surface area contributed by atoms with Crippen LogP contribution in [-0.2, 0) is 8.85 Å². The zero-order valence-electron chi connectivity index (χ0n) is 14.4. The van der Waals surface area contributed by atoms with Gasteiger partial charge >= 0.3 is 11.9 Å². The van der Waals surface area contributed by atoms with Crippen LogP contribution in [0.4, 0.5) is 0 Å². The van der Waals surface area contributed by atoms with Crippen molar-refractivity contribution >= 4 is 50.0 Å². The molecule has 1 aromatic heterocycles. The van der Waals surface area contributed by atoms with E-state index in [1.165, 1.54) is 11.3 Å². The van der Waals surface area contributed by atoms with Crippen LogP contribution in [-0.4, -0.2) is 28.6 Å². The van der Waals surface area contributed by atoms with Crippen LogP contribution in [0, 0.1) is 0 Å². The average Bonchev–Trinajstić information content (AvgIpc) is 2.77. The molecular formula is C16H22O4SSi2. The first-order valence-electron chi connectivity index (χ1n) is 7.45. The Hall–Kier alpha value is -1.45. The number of fused-ring (bicyclic) bond motifs is 1. The fraction of sp³-hybridized carbons (Fsp3) is 0.375. The molecule has 2 aromatic rings. The van der Waals surface area contributed by atoms with Crippen LogP contribution in [0.3, 0.4) is 0 Å². The van der Waals surface area contributed by atoms with E-state index in [9.17, 15) is 9.59 Å². The van der Waals surface area contributed by atoms with E-state index in [1.807, 2.05) is 45.3 Å². The molecule has 0 saturated carbocycles. The van der Waals surface area contributed by atoms with Gasteiger partial charge in [0.25, 0.3) is 0 Å².